The maximum Gasteiger partial charge on any atom is 0.151 e. The molecule has 1 aliphatic rings. The molecule has 0 saturated carbocycles. The van der Waals surface area contributed by atoms with Gasteiger partial charge in [-0.25, -0.2) is 8.42 Å². The molecule has 1 heterocycles. The largest absolute Gasteiger partial charge is 0.312 e. The van der Waals surface area contributed by atoms with Gasteiger partial charge < -0.3 is 10.2 Å². The monoisotopic (exact) mass is 234 g/mol. The lowest BCUT2D eigenvalue weighted by molar-refractivity contribution is 0.270. The summed E-state index contributed by atoms with van der Waals surface area (Å²) in [5, 5.41) is 3.30. The number of rotatable bonds is 5. The van der Waals surface area contributed by atoms with E-state index >= 15 is 0 Å². The van der Waals surface area contributed by atoms with Gasteiger partial charge in [0.05, 0.1) is 11.5 Å². The van der Waals surface area contributed by atoms with E-state index in [0.717, 1.165) is 19.5 Å². The minimum Gasteiger partial charge on any atom is -0.312 e. The van der Waals surface area contributed by atoms with Crippen LogP contribution in [0.3, 0.4) is 0 Å². The Bertz CT molecular complexity index is 288. The van der Waals surface area contributed by atoms with Crippen LogP contribution < -0.4 is 5.32 Å². The van der Waals surface area contributed by atoms with Crippen LogP contribution in [0.15, 0.2) is 0 Å². The van der Waals surface area contributed by atoms with Gasteiger partial charge in [0.2, 0.25) is 0 Å². The van der Waals surface area contributed by atoms with Crippen LogP contribution >= 0.6 is 0 Å². The number of nitrogens with one attached hydrogen (secondary N) is 1. The van der Waals surface area contributed by atoms with Gasteiger partial charge in [-0.15, -0.1) is 0 Å². The highest BCUT2D eigenvalue weighted by Gasteiger charge is 2.27. The Labute approximate surface area is 93.0 Å². The van der Waals surface area contributed by atoms with E-state index in [1.54, 1.807) is 0 Å². The molecule has 0 aromatic heterocycles. The molecule has 4 nitrogen and oxygen atoms in total. The van der Waals surface area contributed by atoms with E-state index in [0.29, 0.717) is 17.5 Å². The molecule has 0 radical (unpaired) electrons. The van der Waals surface area contributed by atoms with Gasteiger partial charge in [0.1, 0.15) is 0 Å². The Morgan fingerprint density at radius 1 is 1.47 bits per heavy atom. The second kappa shape index (κ2) is 5.27. The maximum atomic E-state index is 11.2. The lowest BCUT2D eigenvalue weighted by atomic mass is 10.2. The van der Waals surface area contributed by atoms with Gasteiger partial charge in [-0.2, -0.15) is 0 Å². The van der Waals surface area contributed by atoms with Gasteiger partial charge in [-0.1, -0.05) is 0 Å². The second-order valence-corrected chi connectivity index (χ2v) is 6.86. The van der Waals surface area contributed by atoms with Crippen molar-refractivity contribution in [2.24, 2.45) is 0 Å². The molecule has 15 heavy (non-hydrogen) atoms. The fourth-order valence-corrected chi connectivity index (χ4v) is 3.37. The van der Waals surface area contributed by atoms with Gasteiger partial charge in [0, 0.05) is 25.2 Å². The Kier molecular flexibility index (Phi) is 4.55. The van der Waals surface area contributed by atoms with Crippen molar-refractivity contribution in [1.29, 1.82) is 0 Å². The lowest BCUT2D eigenvalue weighted by Crippen LogP contribution is -2.38. The molecule has 1 rings (SSSR count). The molecule has 0 aliphatic carbocycles. The summed E-state index contributed by atoms with van der Waals surface area (Å²) in [6.45, 7) is 6.14. The third kappa shape index (κ3) is 4.49. The van der Waals surface area contributed by atoms with E-state index in [1.807, 2.05) is 0 Å². The first-order valence-corrected chi connectivity index (χ1v) is 7.37. The zero-order valence-electron chi connectivity index (χ0n) is 9.86. The summed E-state index contributed by atoms with van der Waals surface area (Å²) in [4.78, 5) is 2.25. The third-order valence-corrected chi connectivity index (χ3v) is 4.78. The van der Waals surface area contributed by atoms with E-state index in [9.17, 15) is 8.42 Å². The molecule has 0 bridgehead atoms. The number of hydrogen-bond donors (Lipinski definition) is 1. The summed E-state index contributed by atoms with van der Waals surface area (Å²) in [6.07, 6.45) is 0.772. The van der Waals surface area contributed by atoms with Crippen molar-refractivity contribution in [3.8, 4) is 0 Å². The molecule has 1 unspecified atom stereocenters. The second-order valence-electron chi connectivity index (χ2n) is 4.63. The summed E-state index contributed by atoms with van der Waals surface area (Å²) >= 11 is 0. The molecular formula is C10H22N2O2S. The van der Waals surface area contributed by atoms with Crippen molar-refractivity contribution in [1.82, 2.24) is 10.2 Å². The zero-order chi connectivity index (χ0) is 11.5. The smallest absolute Gasteiger partial charge is 0.151 e. The van der Waals surface area contributed by atoms with E-state index in [-0.39, 0.29) is 6.04 Å². The molecule has 1 N–H and O–H groups in total. The summed E-state index contributed by atoms with van der Waals surface area (Å²) in [6, 6.07) is 0.717. The van der Waals surface area contributed by atoms with Gasteiger partial charge in [-0.05, 0) is 27.3 Å². The van der Waals surface area contributed by atoms with Gasteiger partial charge in [0.15, 0.2) is 9.84 Å². The first-order chi connectivity index (χ1) is 6.91. The van der Waals surface area contributed by atoms with E-state index in [1.165, 1.54) is 0 Å². The Balaban J connectivity index is 2.17. The van der Waals surface area contributed by atoms with Crippen molar-refractivity contribution >= 4 is 9.84 Å². The van der Waals surface area contributed by atoms with E-state index in [4.69, 9.17) is 0 Å². The number of nitrogens with zero attached hydrogens (tertiary/aromatic N) is 1. The molecular weight excluding hydrogens is 212 g/mol. The lowest BCUT2D eigenvalue weighted by Gasteiger charge is -2.22. The highest BCUT2D eigenvalue weighted by Crippen LogP contribution is 2.10. The minimum atomic E-state index is -2.74. The summed E-state index contributed by atoms with van der Waals surface area (Å²) in [5.74, 6) is 0.670. The van der Waals surface area contributed by atoms with Gasteiger partial charge in [0.25, 0.3) is 0 Å². The maximum absolute atomic E-state index is 11.2. The molecule has 1 fully saturated rings. The summed E-state index contributed by atoms with van der Waals surface area (Å²) < 4.78 is 22.4. The SMILES string of the molecule is CC(C)N(C)CCNC1CCS(=O)(=O)C1. The minimum absolute atomic E-state index is 0.176. The van der Waals surface area contributed by atoms with Crippen molar-refractivity contribution < 1.29 is 8.42 Å². The number of hydrogen-bond acceptors (Lipinski definition) is 4. The van der Waals surface area contributed by atoms with Crippen molar-refractivity contribution in [3.63, 3.8) is 0 Å². The van der Waals surface area contributed by atoms with Crippen LogP contribution in [-0.2, 0) is 9.84 Å². The van der Waals surface area contributed by atoms with Crippen LogP contribution in [0.1, 0.15) is 20.3 Å². The Hall–Kier alpha value is -0.130. The number of likely N-dealkylation sites (N-methyl/N-ethyl adjacent to an activating group) is 1. The first-order valence-electron chi connectivity index (χ1n) is 5.55. The number of sulfone groups is 1. The van der Waals surface area contributed by atoms with Gasteiger partial charge in [-0.3, -0.25) is 0 Å². The highest BCUT2D eigenvalue weighted by molar-refractivity contribution is 7.91. The van der Waals surface area contributed by atoms with Gasteiger partial charge >= 0.3 is 0 Å². The predicted molar refractivity (Wildman–Crippen MR) is 62.8 cm³/mol. The third-order valence-electron chi connectivity index (χ3n) is 3.01. The average Bonchev–Trinajstić information content (AvgIpc) is 2.45. The van der Waals surface area contributed by atoms with Crippen LogP contribution in [0, 0.1) is 0 Å². The average molecular weight is 234 g/mol. The topological polar surface area (TPSA) is 49.4 Å². The first kappa shape index (κ1) is 12.9. The normalized spacial score (nSPS) is 25.3. The molecule has 0 spiro atoms. The highest BCUT2D eigenvalue weighted by atomic mass is 32.2. The van der Waals surface area contributed by atoms with E-state index < -0.39 is 9.84 Å². The van der Waals surface area contributed by atoms with E-state index in [2.05, 4.69) is 31.1 Å². The molecule has 0 aromatic rings. The van der Waals surface area contributed by atoms with Crippen LogP contribution in [0.5, 0.6) is 0 Å². The summed E-state index contributed by atoms with van der Waals surface area (Å²) in [5.41, 5.74) is 0. The Morgan fingerprint density at radius 3 is 2.60 bits per heavy atom. The fraction of sp³-hybridized carbons (Fsp3) is 1.00. The molecule has 5 heteroatoms. The molecule has 1 saturated heterocycles. The standard InChI is InChI=1S/C10H22N2O2S/c1-9(2)12(3)6-5-11-10-4-7-15(13,14)8-10/h9-11H,4-8H2,1-3H3. The fourth-order valence-electron chi connectivity index (χ4n) is 1.66. The zero-order valence-corrected chi connectivity index (χ0v) is 10.7. The molecule has 0 amide bonds. The van der Waals surface area contributed by atoms with Crippen LogP contribution in [0.4, 0.5) is 0 Å². The van der Waals surface area contributed by atoms with Crippen LogP contribution in [0.25, 0.3) is 0 Å². The summed E-state index contributed by atoms with van der Waals surface area (Å²) in [7, 11) is -0.657. The van der Waals surface area contributed by atoms with Crippen molar-refractivity contribution in [2.45, 2.75) is 32.4 Å². The predicted octanol–water partition coefficient (Wildman–Crippen LogP) is 0.103. The Morgan fingerprint density at radius 2 is 2.13 bits per heavy atom. The van der Waals surface area contributed by atoms with Crippen LogP contribution in [-0.4, -0.2) is 57.0 Å². The molecule has 1 atom stereocenters. The molecule has 1 aliphatic heterocycles. The molecule has 0 aromatic carbocycles. The van der Waals surface area contributed by atoms with Crippen molar-refractivity contribution in [3.05, 3.63) is 0 Å². The molecule has 90 valence electrons. The van der Waals surface area contributed by atoms with Crippen LogP contribution in [0.2, 0.25) is 0 Å². The van der Waals surface area contributed by atoms with Crippen molar-refractivity contribution in [2.75, 3.05) is 31.6 Å². The quantitative estimate of drug-likeness (QED) is 0.733.